The Morgan fingerprint density at radius 3 is 2.56 bits per heavy atom. The third-order valence-electron chi connectivity index (χ3n) is 3.49. The van der Waals surface area contributed by atoms with Crippen LogP contribution < -0.4 is 0 Å². The Hall–Kier alpha value is -0.900. The fourth-order valence-electron chi connectivity index (χ4n) is 2.45. The lowest BCUT2D eigenvalue weighted by Gasteiger charge is -2.31. The van der Waals surface area contributed by atoms with Crippen LogP contribution in [0.4, 0.5) is 0 Å². The second kappa shape index (κ2) is 4.17. The summed E-state index contributed by atoms with van der Waals surface area (Å²) in [6.07, 6.45) is 1.99. The van der Waals surface area contributed by atoms with E-state index >= 15 is 0 Å². The van der Waals surface area contributed by atoms with Gasteiger partial charge in [-0.3, -0.25) is 9.59 Å². The molecule has 0 radical (unpaired) electrons. The van der Waals surface area contributed by atoms with Gasteiger partial charge >= 0.3 is 5.97 Å². The Labute approximate surface area is 95.3 Å². The third kappa shape index (κ3) is 1.98. The highest BCUT2D eigenvalue weighted by Crippen LogP contribution is 2.39. The molecule has 2 heterocycles. The maximum atomic E-state index is 11.8. The summed E-state index contributed by atoms with van der Waals surface area (Å²) in [5.41, 5.74) is -0.412. The van der Waals surface area contributed by atoms with Crippen LogP contribution in [0.2, 0.25) is 0 Å². The Morgan fingerprint density at radius 2 is 2.00 bits per heavy atom. The number of ketones is 1. The fraction of sp³-hybridized carbons (Fsp3) is 0.833. The van der Waals surface area contributed by atoms with Gasteiger partial charge in [-0.25, -0.2) is 0 Å². The molecule has 1 unspecified atom stereocenters. The van der Waals surface area contributed by atoms with Gasteiger partial charge in [-0.2, -0.15) is 0 Å². The van der Waals surface area contributed by atoms with Gasteiger partial charge in [-0.05, 0) is 0 Å². The lowest BCUT2D eigenvalue weighted by atomic mass is 9.83. The van der Waals surface area contributed by atoms with Crippen molar-refractivity contribution < 1.29 is 19.1 Å². The van der Waals surface area contributed by atoms with Crippen LogP contribution in [0, 0.1) is 11.8 Å². The van der Waals surface area contributed by atoms with E-state index in [1.54, 1.807) is 0 Å². The highest BCUT2D eigenvalue weighted by Gasteiger charge is 2.50. The van der Waals surface area contributed by atoms with Gasteiger partial charge < -0.3 is 9.47 Å². The summed E-state index contributed by atoms with van der Waals surface area (Å²) >= 11 is 0. The summed E-state index contributed by atoms with van der Waals surface area (Å²) in [5, 5.41) is 0. The smallest absolute Gasteiger partial charge is 0.317 e. The van der Waals surface area contributed by atoms with Crippen molar-refractivity contribution in [2.24, 2.45) is 11.8 Å². The number of carbonyl (C=O) groups is 2. The highest BCUT2D eigenvalue weighted by molar-refractivity contribution is 6.01. The minimum atomic E-state index is -0.543. The molecular formula is C12H18O4. The second-order valence-corrected chi connectivity index (χ2v) is 5.03. The summed E-state index contributed by atoms with van der Waals surface area (Å²) in [6, 6.07) is 0. The molecule has 0 amide bonds. The molecule has 1 spiro atoms. The summed E-state index contributed by atoms with van der Waals surface area (Å²) in [4.78, 5) is 23.6. The van der Waals surface area contributed by atoms with E-state index in [1.165, 1.54) is 0 Å². The largest absolute Gasteiger partial charge is 0.458 e. The Balaban J connectivity index is 2.09. The van der Waals surface area contributed by atoms with Crippen molar-refractivity contribution >= 4 is 11.8 Å². The molecule has 0 bridgehead atoms. The first-order chi connectivity index (χ1) is 7.54. The summed E-state index contributed by atoms with van der Waals surface area (Å²) in [5.74, 6) is -0.973. The number of esters is 1. The first-order valence-electron chi connectivity index (χ1n) is 5.88. The van der Waals surface area contributed by atoms with E-state index in [4.69, 9.17) is 9.47 Å². The molecule has 2 rings (SSSR count). The van der Waals surface area contributed by atoms with Crippen molar-refractivity contribution in [3.63, 3.8) is 0 Å². The van der Waals surface area contributed by atoms with Crippen LogP contribution in [0.5, 0.6) is 0 Å². The molecule has 2 saturated heterocycles. The van der Waals surface area contributed by atoms with Crippen LogP contribution >= 0.6 is 0 Å². The average molecular weight is 226 g/mol. The fourth-order valence-corrected chi connectivity index (χ4v) is 2.45. The number of hydrogen-bond acceptors (Lipinski definition) is 4. The van der Waals surface area contributed by atoms with Gasteiger partial charge in [0.25, 0.3) is 0 Å². The average Bonchev–Trinajstić information content (AvgIpc) is 2.55. The quantitative estimate of drug-likeness (QED) is 0.526. The number of carbonyl (C=O) groups excluding carboxylic acids is 2. The van der Waals surface area contributed by atoms with Crippen molar-refractivity contribution in [2.75, 3.05) is 13.2 Å². The molecule has 4 heteroatoms. The maximum Gasteiger partial charge on any atom is 0.317 e. The van der Waals surface area contributed by atoms with Crippen molar-refractivity contribution in [1.29, 1.82) is 0 Å². The van der Waals surface area contributed by atoms with E-state index in [0.717, 1.165) is 12.8 Å². The molecule has 0 saturated carbocycles. The van der Waals surface area contributed by atoms with Gasteiger partial charge in [-0.1, -0.05) is 13.8 Å². The zero-order chi connectivity index (χ0) is 11.8. The Kier molecular flexibility index (Phi) is 3.02. The minimum absolute atomic E-state index is 0.00775. The maximum absolute atomic E-state index is 11.8. The van der Waals surface area contributed by atoms with Crippen LogP contribution in [0.3, 0.4) is 0 Å². The van der Waals surface area contributed by atoms with Crippen LogP contribution in [0.15, 0.2) is 0 Å². The molecule has 2 fully saturated rings. The van der Waals surface area contributed by atoms with Crippen molar-refractivity contribution in [3.8, 4) is 0 Å². The molecular weight excluding hydrogens is 208 g/mol. The Bertz CT molecular complexity index is 302. The Morgan fingerprint density at radius 1 is 1.38 bits per heavy atom. The van der Waals surface area contributed by atoms with Gasteiger partial charge in [0, 0.05) is 25.2 Å². The molecule has 4 nitrogen and oxygen atoms in total. The van der Waals surface area contributed by atoms with E-state index in [9.17, 15) is 9.59 Å². The number of hydrogen-bond donors (Lipinski definition) is 0. The van der Waals surface area contributed by atoms with E-state index in [2.05, 4.69) is 0 Å². The summed E-state index contributed by atoms with van der Waals surface area (Å²) in [6.45, 7) is 4.89. The first kappa shape index (κ1) is 11.6. The molecule has 0 aromatic rings. The van der Waals surface area contributed by atoms with E-state index in [1.807, 2.05) is 13.8 Å². The normalized spacial score (nSPS) is 28.4. The summed E-state index contributed by atoms with van der Waals surface area (Å²) < 4.78 is 10.7. The second-order valence-electron chi connectivity index (χ2n) is 5.03. The molecule has 0 aliphatic carbocycles. The first-order valence-corrected chi connectivity index (χ1v) is 5.88. The molecule has 90 valence electrons. The summed E-state index contributed by atoms with van der Waals surface area (Å²) in [7, 11) is 0. The van der Waals surface area contributed by atoms with Crippen LogP contribution in [0.25, 0.3) is 0 Å². The molecule has 2 aliphatic rings. The van der Waals surface area contributed by atoms with Gasteiger partial charge in [0.15, 0.2) is 0 Å². The number of rotatable bonds is 2. The lowest BCUT2D eigenvalue weighted by molar-refractivity contribution is -0.157. The number of ether oxygens (including phenoxy) is 2. The SMILES string of the molecule is CC(C)C(=O)C1CC2(CCOCC2)OC1=O. The minimum Gasteiger partial charge on any atom is -0.458 e. The topological polar surface area (TPSA) is 52.6 Å². The monoisotopic (exact) mass is 226 g/mol. The van der Waals surface area contributed by atoms with E-state index in [-0.39, 0.29) is 17.7 Å². The van der Waals surface area contributed by atoms with Gasteiger partial charge in [-0.15, -0.1) is 0 Å². The third-order valence-corrected chi connectivity index (χ3v) is 3.49. The van der Waals surface area contributed by atoms with Gasteiger partial charge in [0.05, 0.1) is 13.2 Å². The zero-order valence-electron chi connectivity index (χ0n) is 9.82. The predicted molar refractivity (Wildman–Crippen MR) is 56.8 cm³/mol. The van der Waals surface area contributed by atoms with Crippen molar-refractivity contribution in [3.05, 3.63) is 0 Å². The van der Waals surface area contributed by atoms with Crippen LogP contribution in [0.1, 0.15) is 33.1 Å². The molecule has 0 aromatic heterocycles. The molecule has 1 atom stereocenters. The van der Waals surface area contributed by atoms with Crippen molar-refractivity contribution in [1.82, 2.24) is 0 Å². The van der Waals surface area contributed by atoms with Gasteiger partial charge in [0.2, 0.25) is 0 Å². The van der Waals surface area contributed by atoms with Gasteiger partial charge in [0.1, 0.15) is 17.3 Å². The molecule has 2 aliphatic heterocycles. The zero-order valence-corrected chi connectivity index (χ0v) is 9.82. The molecule has 0 aromatic carbocycles. The van der Waals surface area contributed by atoms with E-state index < -0.39 is 11.5 Å². The highest BCUT2D eigenvalue weighted by atomic mass is 16.6. The van der Waals surface area contributed by atoms with Crippen molar-refractivity contribution in [2.45, 2.75) is 38.7 Å². The lowest BCUT2D eigenvalue weighted by Crippen LogP contribution is -2.36. The van der Waals surface area contributed by atoms with E-state index in [0.29, 0.717) is 19.6 Å². The predicted octanol–water partition coefficient (Wildman–Crippen LogP) is 1.32. The molecule has 0 N–H and O–H groups in total. The van der Waals surface area contributed by atoms with Crippen LogP contribution in [-0.2, 0) is 19.1 Å². The standard InChI is InChI=1S/C12H18O4/c1-8(2)10(13)9-7-12(16-11(9)14)3-5-15-6-4-12/h8-9H,3-7H2,1-2H3. The molecule has 16 heavy (non-hydrogen) atoms. The van der Waals surface area contributed by atoms with Crippen LogP contribution in [-0.4, -0.2) is 30.6 Å². The number of Topliss-reactive ketones (excluding diaryl/α,β-unsaturated/α-hetero) is 1.